The molecule has 25 heavy (non-hydrogen) atoms. The molecule has 0 amide bonds. The quantitative estimate of drug-likeness (QED) is 0.240. The smallest absolute Gasteiger partial charge is 0.0901 e. The summed E-state index contributed by atoms with van der Waals surface area (Å²) in [6.45, 7) is 8.45. The molecule has 0 bridgehead atoms. The summed E-state index contributed by atoms with van der Waals surface area (Å²) in [4.78, 5) is 0. The lowest BCUT2D eigenvalue weighted by atomic mass is 9.76. The van der Waals surface area contributed by atoms with Crippen molar-refractivity contribution in [2.24, 2.45) is 23.7 Å². The highest BCUT2D eigenvalue weighted by Gasteiger charge is 2.25. The summed E-state index contributed by atoms with van der Waals surface area (Å²) in [5, 5.41) is 0. The van der Waals surface area contributed by atoms with Gasteiger partial charge in [-0.1, -0.05) is 57.6 Å². The first-order valence-corrected chi connectivity index (χ1v) is 10.8. The third-order valence-electron chi connectivity index (χ3n) is 6.27. The predicted octanol–water partition coefficient (Wildman–Crippen LogP) is 6.52. The number of hydrogen-bond acceptors (Lipinski definition) is 2. The van der Waals surface area contributed by atoms with Crippen LogP contribution in [0, 0.1) is 23.7 Å². The van der Waals surface area contributed by atoms with Crippen molar-refractivity contribution >= 4 is 0 Å². The number of allylic oxidation sites excluding steroid dienone is 1. The van der Waals surface area contributed by atoms with Crippen molar-refractivity contribution in [1.82, 2.24) is 0 Å². The second-order valence-corrected chi connectivity index (χ2v) is 8.29. The zero-order valence-electron chi connectivity index (χ0n) is 16.5. The molecular weight excluding hydrogens is 308 g/mol. The molecule has 2 aliphatic carbocycles. The molecule has 2 rings (SSSR count). The van der Waals surface area contributed by atoms with E-state index in [1.165, 1.54) is 64.2 Å². The maximum absolute atomic E-state index is 5.65. The first kappa shape index (κ1) is 20.6. The minimum absolute atomic E-state index is 0.711. The van der Waals surface area contributed by atoms with E-state index in [2.05, 4.69) is 19.6 Å². The van der Waals surface area contributed by atoms with Crippen LogP contribution in [0.15, 0.2) is 25.0 Å². The van der Waals surface area contributed by atoms with E-state index in [-0.39, 0.29) is 0 Å². The van der Waals surface area contributed by atoms with Crippen molar-refractivity contribution in [3.63, 3.8) is 0 Å². The molecule has 0 aromatic rings. The lowest BCUT2D eigenvalue weighted by Crippen LogP contribution is -2.21. The fourth-order valence-corrected chi connectivity index (χ4v) is 4.52. The molecule has 0 atom stereocenters. The average molecular weight is 349 g/mol. The minimum atomic E-state index is 0.711. The van der Waals surface area contributed by atoms with Gasteiger partial charge in [-0.15, -0.1) is 6.58 Å². The van der Waals surface area contributed by atoms with Crippen molar-refractivity contribution < 1.29 is 9.47 Å². The summed E-state index contributed by atoms with van der Waals surface area (Å²) < 4.78 is 11.3. The Morgan fingerprint density at radius 1 is 0.800 bits per heavy atom. The highest BCUT2D eigenvalue weighted by molar-refractivity contribution is 4.78. The topological polar surface area (TPSA) is 18.5 Å². The van der Waals surface area contributed by atoms with Crippen molar-refractivity contribution in [2.75, 3.05) is 19.8 Å². The zero-order valence-corrected chi connectivity index (χ0v) is 16.5. The Bertz CT molecular complexity index is 360. The molecule has 0 saturated heterocycles. The molecule has 0 aliphatic heterocycles. The van der Waals surface area contributed by atoms with Crippen molar-refractivity contribution in [3.8, 4) is 0 Å². The van der Waals surface area contributed by atoms with Gasteiger partial charge in [0, 0.05) is 6.61 Å². The van der Waals surface area contributed by atoms with Crippen LogP contribution in [0.1, 0.15) is 77.6 Å². The fourth-order valence-electron chi connectivity index (χ4n) is 4.52. The van der Waals surface area contributed by atoms with Gasteiger partial charge < -0.3 is 9.47 Å². The van der Waals surface area contributed by atoms with Gasteiger partial charge in [-0.2, -0.15) is 0 Å². The van der Waals surface area contributed by atoms with E-state index in [0.717, 1.165) is 43.3 Å². The van der Waals surface area contributed by atoms with Gasteiger partial charge in [-0.25, -0.2) is 0 Å². The van der Waals surface area contributed by atoms with Crippen LogP contribution in [0.4, 0.5) is 0 Å². The number of ether oxygens (including phenoxy) is 2. The third-order valence-corrected chi connectivity index (χ3v) is 6.27. The largest absolute Gasteiger partial charge is 0.501 e. The Balaban J connectivity index is 1.50. The zero-order chi connectivity index (χ0) is 17.7. The molecule has 2 heteroatoms. The normalized spacial score (nSPS) is 30.4. The van der Waals surface area contributed by atoms with Gasteiger partial charge in [0.25, 0.3) is 0 Å². The van der Waals surface area contributed by atoms with Gasteiger partial charge in [0.05, 0.1) is 19.5 Å². The van der Waals surface area contributed by atoms with Crippen molar-refractivity contribution in [2.45, 2.75) is 77.6 Å². The highest BCUT2D eigenvalue weighted by atomic mass is 16.5. The van der Waals surface area contributed by atoms with Crippen LogP contribution in [0.5, 0.6) is 0 Å². The second-order valence-electron chi connectivity index (χ2n) is 8.29. The van der Waals surface area contributed by atoms with Crippen LogP contribution in [-0.2, 0) is 9.47 Å². The summed E-state index contributed by atoms with van der Waals surface area (Å²) in [6, 6.07) is 0. The Kier molecular flexibility index (Phi) is 10.3. The average Bonchev–Trinajstić information content (AvgIpc) is 2.66. The number of rotatable bonds is 11. The van der Waals surface area contributed by atoms with Crippen molar-refractivity contribution in [1.29, 1.82) is 0 Å². The minimum Gasteiger partial charge on any atom is -0.501 e. The maximum atomic E-state index is 5.65. The van der Waals surface area contributed by atoms with E-state index >= 15 is 0 Å². The molecule has 0 N–H and O–H groups in total. The van der Waals surface area contributed by atoms with Gasteiger partial charge in [0.2, 0.25) is 0 Å². The van der Waals surface area contributed by atoms with Crippen LogP contribution in [0.2, 0.25) is 0 Å². The maximum Gasteiger partial charge on any atom is 0.0901 e. The Morgan fingerprint density at radius 3 is 1.84 bits per heavy atom. The van der Waals surface area contributed by atoms with E-state index in [1.807, 2.05) is 12.3 Å². The molecule has 2 aliphatic rings. The second kappa shape index (κ2) is 12.6. The van der Waals surface area contributed by atoms with E-state index in [1.54, 1.807) is 0 Å². The highest BCUT2D eigenvalue weighted by Crippen LogP contribution is 2.36. The van der Waals surface area contributed by atoms with Crippen LogP contribution < -0.4 is 0 Å². The van der Waals surface area contributed by atoms with Gasteiger partial charge in [-0.3, -0.25) is 0 Å². The third kappa shape index (κ3) is 8.44. The number of hydrogen-bond donors (Lipinski definition) is 0. The van der Waals surface area contributed by atoms with Gasteiger partial charge in [0.15, 0.2) is 0 Å². The summed E-state index contributed by atoms with van der Waals surface area (Å²) in [5.41, 5.74) is 0. The first-order valence-electron chi connectivity index (χ1n) is 10.8. The first-order chi connectivity index (χ1) is 12.3. The van der Waals surface area contributed by atoms with Crippen LogP contribution >= 0.6 is 0 Å². The van der Waals surface area contributed by atoms with Gasteiger partial charge in [-0.05, 0) is 55.8 Å². The molecule has 2 saturated carbocycles. The SMILES string of the molecule is C=CCOCC1CCC(CCC2CCC(CO/C=C\CC)CC2)CC1. The standard InChI is InChI=1S/C23H40O2/c1-3-5-17-25-19-23-14-10-21(11-15-23)7-6-20-8-12-22(13-9-20)18-24-16-4-2/h4-5,17,20-23H,2-3,6-16,18-19H2,1H3/b17-5-. The monoisotopic (exact) mass is 348 g/mol. The predicted molar refractivity (Wildman–Crippen MR) is 107 cm³/mol. The van der Waals surface area contributed by atoms with Gasteiger partial charge >= 0.3 is 0 Å². The molecule has 0 unspecified atom stereocenters. The Labute approximate surface area is 156 Å². The molecule has 0 aromatic carbocycles. The molecule has 0 aromatic heterocycles. The Hall–Kier alpha value is -0.760. The lowest BCUT2D eigenvalue weighted by Gasteiger charge is -2.31. The van der Waals surface area contributed by atoms with Crippen LogP contribution in [-0.4, -0.2) is 19.8 Å². The molecule has 0 spiro atoms. The van der Waals surface area contributed by atoms with Gasteiger partial charge in [0.1, 0.15) is 0 Å². The Morgan fingerprint density at radius 2 is 1.32 bits per heavy atom. The fraction of sp³-hybridized carbons (Fsp3) is 0.826. The molecule has 2 fully saturated rings. The summed E-state index contributed by atoms with van der Waals surface area (Å²) in [7, 11) is 0. The van der Waals surface area contributed by atoms with Crippen LogP contribution in [0.25, 0.3) is 0 Å². The van der Waals surface area contributed by atoms with E-state index < -0.39 is 0 Å². The summed E-state index contributed by atoms with van der Waals surface area (Å²) >= 11 is 0. The summed E-state index contributed by atoms with van der Waals surface area (Å²) in [5.74, 6) is 3.56. The molecule has 0 heterocycles. The van der Waals surface area contributed by atoms with E-state index in [9.17, 15) is 0 Å². The molecular formula is C23H40O2. The summed E-state index contributed by atoms with van der Waals surface area (Å²) in [6.07, 6.45) is 21.0. The van der Waals surface area contributed by atoms with Crippen LogP contribution in [0.3, 0.4) is 0 Å². The van der Waals surface area contributed by atoms with Crippen molar-refractivity contribution in [3.05, 3.63) is 25.0 Å². The molecule has 0 radical (unpaired) electrons. The molecule has 144 valence electrons. The van der Waals surface area contributed by atoms with E-state index in [0.29, 0.717) is 6.61 Å². The van der Waals surface area contributed by atoms with E-state index in [4.69, 9.17) is 9.47 Å². The lowest BCUT2D eigenvalue weighted by molar-refractivity contribution is 0.0929. The molecule has 2 nitrogen and oxygen atoms in total.